The smallest absolute Gasteiger partial charge is 0.310 e. The van der Waals surface area contributed by atoms with Crippen LogP contribution in [0.15, 0.2) is 18.2 Å². The Hall–Kier alpha value is -2.64. The summed E-state index contributed by atoms with van der Waals surface area (Å²) in [4.78, 5) is 33.6. The Bertz CT molecular complexity index is 565. The van der Waals surface area contributed by atoms with Gasteiger partial charge in [0.1, 0.15) is 5.69 Å². The Labute approximate surface area is 107 Å². The summed E-state index contributed by atoms with van der Waals surface area (Å²) < 4.78 is 0. The van der Waals surface area contributed by atoms with Gasteiger partial charge in [0.25, 0.3) is 5.69 Å². The zero-order valence-corrected chi connectivity index (χ0v) is 9.78. The van der Waals surface area contributed by atoms with E-state index in [9.17, 15) is 19.7 Å². The third-order valence-corrected chi connectivity index (χ3v) is 3.03. The van der Waals surface area contributed by atoms with Gasteiger partial charge in [-0.15, -0.1) is 0 Å². The number of carbonyl (C=O) groups excluding carboxylic acids is 1. The van der Waals surface area contributed by atoms with Crippen molar-refractivity contribution in [1.29, 1.82) is 0 Å². The maximum absolute atomic E-state index is 11.0. The topological polar surface area (TPSA) is 127 Å². The van der Waals surface area contributed by atoms with E-state index in [0.29, 0.717) is 5.69 Å². The van der Waals surface area contributed by atoms with Crippen LogP contribution >= 0.6 is 0 Å². The molecule has 0 bridgehead atoms. The van der Waals surface area contributed by atoms with Crippen molar-refractivity contribution < 1.29 is 19.6 Å². The molecule has 0 radical (unpaired) electrons. The summed E-state index contributed by atoms with van der Waals surface area (Å²) in [5, 5.41) is 19.7. The molecular formula is C11H11N3O5. The molecule has 1 heterocycles. The Morgan fingerprint density at radius 2 is 2.05 bits per heavy atom. The predicted octanol–water partition coefficient (Wildman–Crippen LogP) is 0.214. The molecule has 2 rings (SSSR count). The molecule has 100 valence electrons. The van der Waals surface area contributed by atoms with E-state index < -0.39 is 22.7 Å². The van der Waals surface area contributed by atoms with Crippen LogP contribution in [0.4, 0.5) is 11.4 Å². The number of nitro benzene ring substituents is 1. The number of hydrogen-bond donors (Lipinski definition) is 2. The Morgan fingerprint density at radius 3 is 2.53 bits per heavy atom. The van der Waals surface area contributed by atoms with Gasteiger partial charge in [0, 0.05) is 24.7 Å². The molecule has 0 spiro atoms. The van der Waals surface area contributed by atoms with Crippen molar-refractivity contribution in [3.05, 3.63) is 33.9 Å². The van der Waals surface area contributed by atoms with E-state index in [-0.39, 0.29) is 24.3 Å². The summed E-state index contributed by atoms with van der Waals surface area (Å²) in [6.07, 6.45) is 0. The number of aliphatic carboxylic acids is 1. The van der Waals surface area contributed by atoms with Gasteiger partial charge in [-0.25, -0.2) is 0 Å². The molecule has 0 saturated carbocycles. The fourth-order valence-corrected chi connectivity index (χ4v) is 1.92. The SMILES string of the molecule is NC(=O)c1ccc(N2CC(C(=O)O)C2)c([N+](=O)[O-])c1. The lowest BCUT2D eigenvalue weighted by atomic mass is 9.98. The zero-order valence-electron chi connectivity index (χ0n) is 9.78. The summed E-state index contributed by atoms with van der Waals surface area (Å²) in [5.41, 5.74) is 5.16. The molecule has 1 fully saturated rings. The van der Waals surface area contributed by atoms with Crippen molar-refractivity contribution in [2.24, 2.45) is 11.7 Å². The summed E-state index contributed by atoms with van der Waals surface area (Å²) in [6.45, 7) is 0.429. The highest BCUT2D eigenvalue weighted by Crippen LogP contribution is 2.33. The number of nitrogens with zero attached hydrogens (tertiary/aromatic N) is 2. The van der Waals surface area contributed by atoms with Crippen LogP contribution < -0.4 is 10.6 Å². The number of hydrogen-bond acceptors (Lipinski definition) is 5. The molecule has 1 aliphatic heterocycles. The zero-order chi connectivity index (χ0) is 14.2. The van der Waals surface area contributed by atoms with Crippen molar-refractivity contribution >= 4 is 23.3 Å². The number of anilines is 1. The van der Waals surface area contributed by atoms with Gasteiger partial charge in [-0.3, -0.25) is 19.7 Å². The minimum absolute atomic E-state index is 0.0470. The molecule has 1 aliphatic rings. The van der Waals surface area contributed by atoms with E-state index in [1.807, 2.05) is 0 Å². The average Bonchev–Trinajstić information content (AvgIpc) is 2.26. The second kappa shape index (κ2) is 4.56. The molecular weight excluding hydrogens is 254 g/mol. The fraction of sp³-hybridized carbons (Fsp3) is 0.273. The molecule has 19 heavy (non-hydrogen) atoms. The van der Waals surface area contributed by atoms with Crippen molar-refractivity contribution in [2.75, 3.05) is 18.0 Å². The van der Waals surface area contributed by atoms with Crippen LogP contribution in [-0.4, -0.2) is 35.0 Å². The molecule has 0 aromatic heterocycles. The van der Waals surface area contributed by atoms with Gasteiger partial charge in [0.05, 0.1) is 10.8 Å². The Morgan fingerprint density at radius 1 is 1.42 bits per heavy atom. The molecule has 8 nitrogen and oxygen atoms in total. The van der Waals surface area contributed by atoms with Crippen LogP contribution in [0.25, 0.3) is 0 Å². The van der Waals surface area contributed by atoms with E-state index in [4.69, 9.17) is 10.8 Å². The molecule has 8 heteroatoms. The number of carbonyl (C=O) groups is 2. The lowest BCUT2D eigenvalue weighted by Crippen LogP contribution is -2.50. The second-order valence-corrected chi connectivity index (χ2v) is 4.26. The Kier molecular flexibility index (Phi) is 3.07. The third-order valence-electron chi connectivity index (χ3n) is 3.03. The number of carboxylic acids is 1. The molecule has 1 aromatic rings. The normalized spacial score (nSPS) is 14.8. The number of amides is 1. The summed E-state index contributed by atoms with van der Waals surface area (Å²) in [5.74, 6) is -2.19. The minimum Gasteiger partial charge on any atom is -0.481 e. The van der Waals surface area contributed by atoms with E-state index >= 15 is 0 Å². The van der Waals surface area contributed by atoms with Crippen LogP contribution in [0.5, 0.6) is 0 Å². The molecule has 0 aliphatic carbocycles. The fourth-order valence-electron chi connectivity index (χ4n) is 1.92. The lowest BCUT2D eigenvalue weighted by Gasteiger charge is -2.38. The second-order valence-electron chi connectivity index (χ2n) is 4.26. The van der Waals surface area contributed by atoms with Crippen LogP contribution in [0.3, 0.4) is 0 Å². The maximum atomic E-state index is 11.0. The summed E-state index contributed by atoms with van der Waals surface area (Å²) >= 11 is 0. The van der Waals surface area contributed by atoms with Crippen LogP contribution in [0, 0.1) is 16.0 Å². The number of benzene rings is 1. The van der Waals surface area contributed by atoms with E-state index in [2.05, 4.69) is 0 Å². The average molecular weight is 265 g/mol. The van der Waals surface area contributed by atoms with Crippen LogP contribution in [0.1, 0.15) is 10.4 Å². The Balaban J connectivity index is 2.29. The van der Waals surface area contributed by atoms with Crippen LogP contribution in [0.2, 0.25) is 0 Å². The first-order valence-electron chi connectivity index (χ1n) is 5.46. The van der Waals surface area contributed by atoms with E-state index in [1.165, 1.54) is 12.1 Å². The molecule has 1 saturated heterocycles. The summed E-state index contributed by atoms with van der Waals surface area (Å²) in [6, 6.07) is 3.90. The first kappa shape index (κ1) is 12.8. The van der Waals surface area contributed by atoms with Gasteiger partial charge in [-0.05, 0) is 12.1 Å². The molecule has 1 aromatic carbocycles. The van der Waals surface area contributed by atoms with Gasteiger partial charge in [0.2, 0.25) is 5.91 Å². The summed E-state index contributed by atoms with van der Waals surface area (Å²) in [7, 11) is 0. The first-order chi connectivity index (χ1) is 8.90. The quantitative estimate of drug-likeness (QED) is 0.592. The highest BCUT2D eigenvalue weighted by Gasteiger charge is 2.35. The maximum Gasteiger partial charge on any atom is 0.310 e. The van der Waals surface area contributed by atoms with E-state index in [1.54, 1.807) is 4.90 Å². The minimum atomic E-state index is -0.923. The number of nitro groups is 1. The predicted molar refractivity (Wildman–Crippen MR) is 65.0 cm³/mol. The largest absolute Gasteiger partial charge is 0.481 e. The molecule has 0 unspecified atom stereocenters. The number of nitrogens with two attached hydrogens (primary N) is 1. The molecule has 3 N–H and O–H groups in total. The standard InChI is InChI=1S/C11H11N3O5/c12-10(15)6-1-2-8(9(3-6)14(18)19)13-4-7(5-13)11(16)17/h1-3,7H,4-5H2,(H2,12,15)(H,16,17). The monoisotopic (exact) mass is 265 g/mol. The number of primary amides is 1. The third kappa shape index (κ3) is 2.32. The first-order valence-corrected chi connectivity index (χ1v) is 5.46. The highest BCUT2D eigenvalue weighted by molar-refractivity contribution is 5.94. The molecule has 0 atom stereocenters. The van der Waals surface area contributed by atoms with Gasteiger partial charge < -0.3 is 15.7 Å². The van der Waals surface area contributed by atoms with Crippen molar-refractivity contribution in [3.8, 4) is 0 Å². The van der Waals surface area contributed by atoms with Gasteiger partial charge in [-0.2, -0.15) is 0 Å². The van der Waals surface area contributed by atoms with Crippen LogP contribution in [-0.2, 0) is 4.79 Å². The highest BCUT2D eigenvalue weighted by atomic mass is 16.6. The van der Waals surface area contributed by atoms with Gasteiger partial charge in [0.15, 0.2) is 0 Å². The van der Waals surface area contributed by atoms with Crippen molar-refractivity contribution in [3.63, 3.8) is 0 Å². The van der Waals surface area contributed by atoms with E-state index in [0.717, 1.165) is 6.07 Å². The lowest BCUT2D eigenvalue weighted by molar-refractivity contribution is -0.384. The number of carboxylic acid groups (broad SMARTS) is 1. The molecule has 1 amide bonds. The van der Waals surface area contributed by atoms with Gasteiger partial charge >= 0.3 is 5.97 Å². The van der Waals surface area contributed by atoms with Crippen molar-refractivity contribution in [1.82, 2.24) is 0 Å². The number of rotatable bonds is 4. The van der Waals surface area contributed by atoms with Crippen molar-refractivity contribution in [2.45, 2.75) is 0 Å². The van der Waals surface area contributed by atoms with Gasteiger partial charge in [-0.1, -0.05) is 0 Å².